The molecule has 0 bridgehead atoms. The maximum absolute atomic E-state index is 12.9. The fraction of sp³-hybridized carbons (Fsp3) is 0.500. The van der Waals surface area contributed by atoms with Crippen LogP contribution in [0.1, 0.15) is 36.4 Å². The van der Waals surface area contributed by atoms with Crippen LogP contribution < -0.4 is 5.32 Å². The van der Waals surface area contributed by atoms with Crippen LogP contribution in [0, 0.1) is 5.92 Å². The molecule has 0 aromatic carbocycles. The van der Waals surface area contributed by atoms with Gasteiger partial charge in [0, 0.05) is 12.2 Å². The van der Waals surface area contributed by atoms with Crippen LogP contribution in [0.25, 0.3) is 0 Å². The van der Waals surface area contributed by atoms with Crippen molar-refractivity contribution in [3.8, 4) is 0 Å². The van der Waals surface area contributed by atoms with E-state index >= 15 is 0 Å². The summed E-state index contributed by atoms with van der Waals surface area (Å²) in [6.07, 6.45) is -0.366. The monoisotopic (exact) mass is 300 g/mol. The summed E-state index contributed by atoms with van der Waals surface area (Å²) < 4.78 is 49.3. The molecule has 2 aliphatic rings. The smallest absolute Gasteiger partial charge is 0.391 e. The molecule has 1 fully saturated rings. The van der Waals surface area contributed by atoms with Crippen molar-refractivity contribution >= 4 is 0 Å². The van der Waals surface area contributed by atoms with Gasteiger partial charge in [0.05, 0.1) is 5.92 Å². The van der Waals surface area contributed by atoms with E-state index in [1.807, 2.05) is 0 Å². The van der Waals surface area contributed by atoms with E-state index in [0.717, 1.165) is 0 Å². The minimum atomic E-state index is -4.16. The molecule has 21 heavy (non-hydrogen) atoms. The Morgan fingerprint density at radius 3 is 2.71 bits per heavy atom. The summed E-state index contributed by atoms with van der Waals surface area (Å²) in [5, 5.41) is 3.13. The molecule has 0 amide bonds. The number of hydrogen-bond donors (Lipinski definition) is 1. The van der Waals surface area contributed by atoms with E-state index in [-0.39, 0.29) is 12.8 Å². The number of piperidine rings is 1. The first-order valence-electron chi connectivity index (χ1n) is 6.76. The summed E-state index contributed by atoms with van der Waals surface area (Å²) in [5.74, 6) is -1.29. The van der Waals surface area contributed by atoms with Gasteiger partial charge in [0.25, 0.3) is 6.29 Å². The lowest BCUT2D eigenvalue weighted by Gasteiger charge is -2.32. The van der Waals surface area contributed by atoms with Gasteiger partial charge < -0.3 is 14.8 Å². The first-order valence-corrected chi connectivity index (χ1v) is 6.76. The van der Waals surface area contributed by atoms with E-state index in [2.05, 4.69) is 10.3 Å². The molecule has 3 heterocycles. The Morgan fingerprint density at radius 2 is 2.00 bits per heavy atom. The number of nitrogens with one attached hydrogen (secondary N) is 1. The second kappa shape index (κ2) is 5.55. The van der Waals surface area contributed by atoms with Gasteiger partial charge in [0.1, 0.15) is 18.2 Å². The third kappa shape index (κ3) is 2.97. The van der Waals surface area contributed by atoms with Crippen LogP contribution in [0.3, 0.4) is 0 Å². The van der Waals surface area contributed by atoms with Crippen molar-refractivity contribution in [2.24, 2.45) is 5.92 Å². The SMILES string of the molecule is FC(F)(F)C1CCNC(c2cccnc2C2OC=CO2)C1. The molecule has 0 spiro atoms. The van der Waals surface area contributed by atoms with E-state index in [1.165, 1.54) is 12.5 Å². The molecule has 114 valence electrons. The molecule has 2 aliphatic heterocycles. The molecular weight excluding hydrogens is 285 g/mol. The number of pyridine rings is 1. The lowest BCUT2D eigenvalue weighted by Crippen LogP contribution is -2.38. The number of nitrogens with zero attached hydrogens (tertiary/aromatic N) is 1. The fourth-order valence-corrected chi connectivity index (χ4v) is 2.74. The van der Waals surface area contributed by atoms with E-state index in [0.29, 0.717) is 17.8 Å². The molecule has 2 atom stereocenters. The summed E-state index contributed by atoms with van der Waals surface area (Å²) in [6, 6.07) is 3.08. The summed E-state index contributed by atoms with van der Waals surface area (Å²) in [7, 11) is 0. The number of alkyl halides is 3. The van der Waals surface area contributed by atoms with Crippen molar-refractivity contribution in [2.75, 3.05) is 6.54 Å². The van der Waals surface area contributed by atoms with Crippen LogP contribution in [0.15, 0.2) is 30.9 Å². The standard InChI is InChI=1S/C14H15F3N2O2/c15-14(16,17)9-3-5-18-11(8-9)10-2-1-4-19-12(10)13-20-6-7-21-13/h1-2,4,6-7,9,11,13,18H,3,5,8H2. The molecule has 1 aromatic rings. The van der Waals surface area contributed by atoms with Gasteiger partial charge in [0.15, 0.2) is 0 Å². The van der Waals surface area contributed by atoms with Gasteiger partial charge in [-0.3, -0.25) is 4.98 Å². The van der Waals surface area contributed by atoms with Crippen molar-refractivity contribution in [3.63, 3.8) is 0 Å². The Balaban J connectivity index is 1.83. The second-order valence-corrected chi connectivity index (χ2v) is 5.12. The lowest BCUT2D eigenvalue weighted by molar-refractivity contribution is -0.183. The molecule has 0 radical (unpaired) electrons. The predicted molar refractivity (Wildman–Crippen MR) is 67.8 cm³/mol. The van der Waals surface area contributed by atoms with Gasteiger partial charge in [-0.05, 0) is 31.0 Å². The first-order chi connectivity index (χ1) is 10.1. The van der Waals surface area contributed by atoms with Crippen molar-refractivity contribution in [3.05, 3.63) is 42.1 Å². The molecule has 0 aliphatic carbocycles. The Labute approximate surface area is 120 Å². The van der Waals surface area contributed by atoms with Crippen molar-refractivity contribution in [2.45, 2.75) is 31.3 Å². The highest BCUT2D eigenvalue weighted by Gasteiger charge is 2.43. The summed E-state index contributed by atoms with van der Waals surface area (Å²) in [6.45, 7) is 0.327. The van der Waals surface area contributed by atoms with Crippen LogP contribution in [0.5, 0.6) is 0 Å². The summed E-state index contributed by atoms with van der Waals surface area (Å²) in [4.78, 5) is 4.21. The fourth-order valence-electron chi connectivity index (χ4n) is 2.74. The third-order valence-electron chi connectivity index (χ3n) is 3.80. The van der Waals surface area contributed by atoms with Gasteiger partial charge in [-0.2, -0.15) is 13.2 Å². The molecule has 1 N–H and O–H groups in total. The highest BCUT2D eigenvalue weighted by atomic mass is 19.4. The molecule has 2 unspecified atom stereocenters. The zero-order valence-corrected chi connectivity index (χ0v) is 11.1. The maximum Gasteiger partial charge on any atom is 0.391 e. The number of aromatic nitrogens is 1. The lowest BCUT2D eigenvalue weighted by atomic mass is 9.87. The maximum atomic E-state index is 12.9. The van der Waals surface area contributed by atoms with Gasteiger partial charge in [-0.25, -0.2) is 0 Å². The minimum Gasteiger partial charge on any atom is -0.454 e. The molecular formula is C14H15F3N2O2. The van der Waals surface area contributed by atoms with Crippen LogP contribution >= 0.6 is 0 Å². The van der Waals surface area contributed by atoms with E-state index in [4.69, 9.17) is 9.47 Å². The normalized spacial score (nSPS) is 26.4. The number of hydrogen-bond acceptors (Lipinski definition) is 4. The van der Waals surface area contributed by atoms with Crippen molar-refractivity contribution in [1.82, 2.24) is 10.3 Å². The zero-order chi connectivity index (χ0) is 14.9. The van der Waals surface area contributed by atoms with Crippen LogP contribution in [-0.4, -0.2) is 17.7 Å². The number of ether oxygens (including phenoxy) is 2. The molecule has 1 saturated heterocycles. The average Bonchev–Trinajstić information content (AvgIpc) is 3.01. The topological polar surface area (TPSA) is 43.4 Å². The van der Waals surface area contributed by atoms with Crippen LogP contribution in [0.2, 0.25) is 0 Å². The molecule has 0 saturated carbocycles. The zero-order valence-electron chi connectivity index (χ0n) is 11.1. The van der Waals surface area contributed by atoms with E-state index in [9.17, 15) is 13.2 Å². The van der Waals surface area contributed by atoms with E-state index < -0.39 is 24.4 Å². The van der Waals surface area contributed by atoms with Crippen LogP contribution in [0.4, 0.5) is 13.2 Å². The summed E-state index contributed by atoms with van der Waals surface area (Å²) in [5.41, 5.74) is 1.21. The van der Waals surface area contributed by atoms with Gasteiger partial charge in [-0.15, -0.1) is 0 Å². The molecule has 7 heteroatoms. The average molecular weight is 300 g/mol. The molecule has 1 aromatic heterocycles. The minimum absolute atomic E-state index is 0.00232. The van der Waals surface area contributed by atoms with Gasteiger partial charge >= 0.3 is 6.18 Å². The highest BCUT2D eigenvalue weighted by molar-refractivity contribution is 5.26. The van der Waals surface area contributed by atoms with Gasteiger partial charge in [0.2, 0.25) is 0 Å². The van der Waals surface area contributed by atoms with Gasteiger partial charge in [-0.1, -0.05) is 6.07 Å². The highest BCUT2D eigenvalue weighted by Crippen LogP contribution is 2.40. The molecule has 3 rings (SSSR count). The first kappa shape index (κ1) is 14.2. The molecule has 4 nitrogen and oxygen atoms in total. The largest absolute Gasteiger partial charge is 0.454 e. The predicted octanol–water partition coefficient (Wildman–Crippen LogP) is 3.20. The van der Waals surface area contributed by atoms with E-state index in [1.54, 1.807) is 18.3 Å². The van der Waals surface area contributed by atoms with Crippen LogP contribution in [-0.2, 0) is 9.47 Å². The Hall–Kier alpha value is -1.76. The number of rotatable bonds is 2. The van der Waals surface area contributed by atoms with Crippen molar-refractivity contribution < 1.29 is 22.6 Å². The third-order valence-corrected chi connectivity index (χ3v) is 3.80. The Kier molecular flexibility index (Phi) is 3.75. The number of halogens is 3. The summed E-state index contributed by atoms with van der Waals surface area (Å²) >= 11 is 0. The Bertz CT molecular complexity index is 525. The second-order valence-electron chi connectivity index (χ2n) is 5.12. The quantitative estimate of drug-likeness (QED) is 0.911. The van der Waals surface area contributed by atoms with Crippen molar-refractivity contribution in [1.29, 1.82) is 0 Å². The Morgan fingerprint density at radius 1 is 1.24 bits per heavy atom.